The molecule has 1 heterocycles. The summed E-state index contributed by atoms with van der Waals surface area (Å²) in [4.78, 5) is 8.91. The van der Waals surface area contributed by atoms with Crippen molar-refractivity contribution >= 4 is 28.4 Å². The van der Waals surface area contributed by atoms with Crippen molar-refractivity contribution in [3.05, 3.63) is 15.1 Å². The lowest BCUT2D eigenvalue weighted by molar-refractivity contribution is 0.0771. The molecule has 1 aromatic rings. The maximum Gasteiger partial charge on any atom is 0.160 e. The van der Waals surface area contributed by atoms with E-state index in [9.17, 15) is 0 Å². The van der Waals surface area contributed by atoms with Crippen LogP contribution in [0.25, 0.3) is 0 Å². The van der Waals surface area contributed by atoms with Gasteiger partial charge >= 0.3 is 0 Å². The van der Waals surface area contributed by atoms with Crippen LogP contribution in [0.5, 0.6) is 0 Å². The first-order valence-corrected chi connectivity index (χ1v) is 6.59. The minimum atomic E-state index is 0.0181. The third-order valence-corrected chi connectivity index (χ3v) is 4.03. The van der Waals surface area contributed by atoms with Crippen molar-refractivity contribution in [3.8, 4) is 0 Å². The fourth-order valence-corrected chi connectivity index (χ4v) is 2.42. The van der Waals surface area contributed by atoms with Crippen LogP contribution in [0.15, 0.2) is 0 Å². The van der Waals surface area contributed by atoms with Gasteiger partial charge in [0.05, 0.1) is 9.26 Å². The highest BCUT2D eigenvalue weighted by Gasteiger charge is 2.34. The summed E-state index contributed by atoms with van der Waals surface area (Å²) in [5.41, 5.74) is 6.92. The molecule has 2 N–H and O–H groups in total. The molecule has 5 heteroatoms. The average molecular weight is 333 g/mol. The smallest absolute Gasteiger partial charge is 0.160 e. The number of aryl methyl sites for hydroxylation is 1. The van der Waals surface area contributed by atoms with Gasteiger partial charge in [0.25, 0.3) is 0 Å². The SMILES string of the molecule is CCc1nc(C(OC)C2CC2)nc(N)c1I. The number of methoxy groups -OCH3 is 1. The van der Waals surface area contributed by atoms with Crippen LogP contribution in [-0.4, -0.2) is 17.1 Å². The fourth-order valence-electron chi connectivity index (χ4n) is 1.80. The topological polar surface area (TPSA) is 61.0 Å². The van der Waals surface area contributed by atoms with E-state index in [1.807, 2.05) is 0 Å². The molecule has 0 saturated heterocycles. The summed E-state index contributed by atoms with van der Waals surface area (Å²) in [6.45, 7) is 2.08. The molecule has 1 atom stereocenters. The molecule has 1 fully saturated rings. The number of nitrogens with two attached hydrogens (primary N) is 1. The van der Waals surface area contributed by atoms with E-state index in [-0.39, 0.29) is 6.10 Å². The molecule has 0 aliphatic heterocycles. The monoisotopic (exact) mass is 333 g/mol. The lowest BCUT2D eigenvalue weighted by atomic mass is 10.2. The summed E-state index contributed by atoms with van der Waals surface area (Å²) in [6.07, 6.45) is 3.30. The van der Waals surface area contributed by atoms with E-state index < -0.39 is 0 Å². The van der Waals surface area contributed by atoms with Gasteiger partial charge in [-0.15, -0.1) is 0 Å². The second-order valence-corrected chi connectivity index (χ2v) is 5.15. The van der Waals surface area contributed by atoms with Gasteiger partial charge in [-0.3, -0.25) is 0 Å². The number of hydrogen-bond acceptors (Lipinski definition) is 4. The summed E-state index contributed by atoms with van der Waals surface area (Å²) in [5.74, 6) is 1.90. The van der Waals surface area contributed by atoms with Crippen LogP contribution in [0.4, 0.5) is 5.82 Å². The van der Waals surface area contributed by atoms with Crippen molar-refractivity contribution in [2.24, 2.45) is 5.92 Å². The van der Waals surface area contributed by atoms with E-state index in [1.54, 1.807) is 7.11 Å². The van der Waals surface area contributed by atoms with Gasteiger partial charge in [0.15, 0.2) is 5.82 Å². The van der Waals surface area contributed by atoms with Gasteiger partial charge in [-0.25, -0.2) is 9.97 Å². The summed E-state index contributed by atoms with van der Waals surface area (Å²) in [6, 6.07) is 0. The Morgan fingerprint density at radius 3 is 2.69 bits per heavy atom. The average Bonchev–Trinajstić information content (AvgIpc) is 3.08. The molecule has 1 aliphatic carbocycles. The van der Waals surface area contributed by atoms with Crippen LogP contribution in [-0.2, 0) is 11.2 Å². The molecule has 2 rings (SSSR count). The Kier molecular flexibility index (Phi) is 3.63. The molecule has 4 nitrogen and oxygen atoms in total. The lowest BCUT2D eigenvalue weighted by Crippen LogP contribution is -2.13. The van der Waals surface area contributed by atoms with Gasteiger partial charge in [0, 0.05) is 7.11 Å². The van der Waals surface area contributed by atoms with Gasteiger partial charge in [0.1, 0.15) is 11.9 Å². The second kappa shape index (κ2) is 4.83. The van der Waals surface area contributed by atoms with E-state index >= 15 is 0 Å². The number of hydrogen-bond donors (Lipinski definition) is 1. The van der Waals surface area contributed by atoms with E-state index in [0.717, 1.165) is 21.5 Å². The number of halogens is 1. The van der Waals surface area contributed by atoms with Crippen molar-refractivity contribution in [2.75, 3.05) is 12.8 Å². The van der Waals surface area contributed by atoms with Crippen molar-refractivity contribution in [2.45, 2.75) is 32.3 Å². The molecular formula is C11H16IN3O. The van der Waals surface area contributed by atoms with Crippen LogP contribution in [0.1, 0.15) is 37.4 Å². The molecular weight excluding hydrogens is 317 g/mol. The van der Waals surface area contributed by atoms with Crippen LogP contribution in [0.2, 0.25) is 0 Å². The van der Waals surface area contributed by atoms with Crippen molar-refractivity contribution < 1.29 is 4.74 Å². The molecule has 1 unspecified atom stereocenters. The van der Waals surface area contributed by atoms with Crippen molar-refractivity contribution in [1.82, 2.24) is 9.97 Å². The molecule has 0 aromatic carbocycles. The predicted octanol–water partition coefficient (Wildman–Crippen LogP) is 2.32. The summed E-state index contributed by atoms with van der Waals surface area (Å²) < 4.78 is 6.44. The Labute approximate surface area is 109 Å². The first-order valence-electron chi connectivity index (χ1n) is 5.52. The van der Waals surface area contributed by atoms with E-state index in [1.165, 1.54) is 12.8 Å². The van der Waals surface area contributed by atoms with Gasteiger partial charge < -0.3 is 10.5 Å². The van der Waals surface area contributed by atoms with Crippen LogP contribution < -0.4 is 5.73 Å². The maximum atomic E-state index is 5.90. The highest BCUT2D eigenvalue weighted by atomic mass is 127. The van der Waals surface area contributed by atoms with Crippen LogP contribution >= 0.6 is 22.6 Å². The molecule has 0 bridgehead atoms. The Morgan fingerprint density at radius 1 is 1.50 bits per heavy atom. The number of rotatable bonds is 4. The van der Waals surface area contributed by atoms with E-state index in [0.29, 0.717) is 11.7 Å². The molecule has 1 saturated carbocycles. The quantitative estimate of drug-likeness (QED) is 0.859. The zero-order chi connectivity index (χ0) is 11.7. The predicted molar refractivity (Wildman–Crippen MR) is 71.0 cm³/mol. The largest absolute Gasteiger partial charge is 0.383 e. The summed E-state index contributed by atoms with van der Waals surface area (Å²) >= 11 is 2.20. The first-order chi connectivity index (χ1) is 7.67. The third-order valence-electron chi connectivity index (χ3n) is 2.86. The number of nitrogen functional groups attached to an aromatic ring is 1. The summed E-state index contributed by atoms with van der Waals surface area (Å²) in [5, 5.41) is 0. The highest BCUT2D eigenvalue weighted by molar-refractivity contribution is 14.1. The van der Waals surface area contributed by atoms with Crippen molar-refractivity contribution in [3.63, 3.8) is 0 Å². The minimum absolute atomic E-state index is 0.0181. The van der Waals surface area contributed by atoms with Crippen LogP contribution in [0, 0.1) is 9.49 Å². The van der Waals surface area contributed by atoms with E-state index in [4.69, 9.17) is 10.5 Å². The normalized spacial score (nSPS) is 17.4. The standard InChI is InChI=1S/C11H16IN3O/c1-3-7-8(12)10(13)15-11(14-7)9(16-2)6-4-5-6/h6,9H,3-5H2,1-2H3,(H2,13,14,15). The Hall–Kier alpha value is -0.430. The van der Waals surface area contributed by atoms with Gasteiger partial charge in [-0.2, -0.15) is 0 Å². The third kappa shape index (κ3) is 2.29. The van der Waals surface area contributed by atoms with Gasteiger partial charge in [-0.05, 0) is 47.8 Å². The number of aromatic nitrogens is 2. The van der Waals surface area contributed by atoms with Crippen molar-refractivity contribution in [1.29, 1.82) is 0 Å². The van der Waals surface area contributed by atoms with E-state index in [2.05, 4.69) is 39.5 Å². The molecule has 0 spiro atoms. The Morgan fingerprint density at radius 2 is 2.19 bits per heavy atom. The minimum Gasteiger partial charge on any atom is -0.383 e. The Bertz CT molecular complexity index is 393. The fraction of sp³-hybridized carbons (Fsp3) is 0.636. The highest BCUT2D eigenvalue weighted by Crippen LogP contribution is 2.42. The maximum absolute atomic E-state index is 5.90. The van der Waals surface area contributed by atoms with Gasteiger partial charge in [-0.1, -0.05) is 6.92 Å². The molecule has 88 valence electrons. The first kappa shape index (κ1) is 12.0. The second-order valence-electron chi connectivity index (χ2n) is 4.08. The molecule has 1 aliphatic rings. The number of anilines is 1. The number of ether oxygens (including phenoxy) is 1. The lowest BCUT2D eigenvalue weighted by Gasteiger charge is -2.15. The van der Waals surface area contributed by atoms with Crippen LogP contribution in [0.3, 0.4) is 0 Å². The van der Waals surface area contributed by atoms with Gasteiger partial charge in [0.2, 0.25) is 0 Å². The zero-order valence-corrected chi connectivity index (χ0v) is 11.7. The molecule has 0 amide bonds. The summed E-state index contributed by atoms with van der Waals surface area (Å²) in [7, 11) is 1.71. The zero-order valence-electron chi connectivity index (χ0n) is 9.53. The molecule has 16 heavy (non-hydrogen) atoms. The molecule has 1 aromatic heterocycles. The number of nitrogens with zero attached hydrogens (tertiary/aromatic N) is 2. The molecule has 0 radical (unpaired) electrons. The Balaban J connectivity index is 2.36.